The van der Waals surface area contributed by atoms with Crippen LogP contribution in [0.4, 0.5) is 5.00 Å². The van der Waals surface area contributed by atoms with Gasteiger partial charge in [-0.15, -0.1) is 11.3 Å². The maximum Gasteiger partial charge on any atom is 0.340 e. The molecule has 2 rings (SSSR count). The molecule has 1 heterocycles. The SMILES string of the molecule is COC(=O)c1cc(C(C)C)sc1NC(=O)c1ccccc1C. The van der Waals surface area contributed by atoms with Gasteiger partial charge in [0.2, 0.25) is 0 Å². The van der Waals surface area contributed by atoms with Crippen molar-refractivity contribution >= 4 is 28.2 Å². The van der Waals surface area contributed by atoms with Gasteiger partial charge in [-0.2, -0.15) is 0 Å². The highest BCUT2D eigenvalue weighted by Gasteiger charge is 2.20. The number of amides is 1. The molecule has 0 aliphatic rings. The Balaban J connectivity index is 2.34. The number of carbonyl (C=O) groups is 2. The number of aryl methyl sites for hydroxylation is 1. The molecule has 0 saturated heterocycles. The summed E-state index contributed by atoms with van der Waals surface area (Å²) in [7, 11) is 1.34. The molecule has 0 bridgehead atoms. The lowest BCUT2D eigenvalue weighted by Crippen LogP contribution is -2.14. The molecule has 2 aromatic rings. The molecule has 1 aromatic carbocycles. The summed E-state index contributed by atoms with van der Waals surface area (Å²) in [5.74, 6) is -0.388. The molecule has 0 radical (unpaired) electrons. The molecular formula is C17H19NO3S. The van der Waals surface area contributed by atoms with E-state index in [1.54, 1.807) is 12.1 Å². The van der Waals surface area contributed by atoms with Crippen molar-refractivity contribution in [3.8, 4) is 0 Å². The standard InChI is InChI=1S/C17H19NO3S/c1-10(2)14-9-13(17(20)21-4)16(22-14)18-15(19)12-8-6-5-7-11(12)3/h5-10H,1-4H3,(H,18,19). The first-order valence-corrected chi connectivity index (χ1v) is 7.84. The number of methoxy groups -OCH3 is 1. The smallest absolute Gasteiger partial charge is 0.340 e. The van der Waals surface area contributed by atoms with E-state index in [0.29, 0.717) is 16.1 Å². The summed E-state index contributed by atoms with van der Waals surface area (Å²) in [5, 5.41) is 3.37. The number of esters is 1. The Bertz CT molecular complexity index is 704. The first kappa shape index (κ1) is 16.2. The molecule has 1 amide bonds. The van der Waals surface area contributed by atoms with Crippen LogP contribution in [0.5, 0.6) is 0 Å². The first-order chi connectivity index (χ1) is 10.4. The van der Waals surface area contributed by atoms with Gasteiger partial charge >= 0.3 is 5.97 Å². The maximum atomic E-state index is 12.4. The third-order valence-corrected chi connectivity index (χ3v) is 4.69. The van der Waals surface area contributed by atoms with E-state index in [1.807, 2.05) is 39.0 Å². The van der Waals surface area contributed by atoms with Crippen molar-refractivity contribution in [3.05, 3.63) is 51.9 Å². The fourth-order valence-corrected chi connectivity index (χ4v) is 3.09. The van der Waals surface area contributed by atoms with Gasteiger partial charge in [0.15, 0.2) is 0 Å². The molecular weight excluding hydrogens is 298 g/mol. The molecule has 0 spiro atoms. The van der Waals surface area contributed by atoms with E-state index in [4.69, 9.17) is 4.74 Å². The lowest BCUT2D eigenvalue weighted by atomic mass is 10.1. The number of carbonyl (C=O) groups excluding carboxylic acids is 2. The minimum atomic E-state index is -0.441. The van der Waals surface area contributed by atoms with Crippen LogP contribution in [0.1, 0.15) is 50.9 Å². The zero-order valence-electron chi connectivity index (χ0n) is 13.1. The third kappa shape index (κ3) is 3.36. The Morgan fingerprint density at radius 1 is 1.18 bits per heavy atom. The number of hydrogen-bond acceptors (Lipinski definition) is 4. The van der Waals surface area contributed by atoms with E-state index in [0.717, 1.165) is 10.4 Å². The fraction of sp³-hybridized carbons (Fsp3) is 0.294. The summed E-state index contributed by atoms with van der Waals surface area (Å²) in [4.78, 5) is 25.3. The number of ether oxygens (including phenoxy) is 1. The molecule has 0 aliphatic carbocycles. The number of thiophene rings is 1. The summed E-state index contributed by atoms with van der Waals surface area (Å²) in [6.07, 6.45) is 0. The highest BCUT2D eigenvalue weighted by molar-refractivity contribution is 7.16. The van der Waals surface area contributed by atoms with Crippen molar-refractivity contribution in [2.24, 2.45) is 0 Å². The van der Waals surface area contributed by atoms with E-state index in [9.17, 15) is 9.59 Å². The number of nitrogens with one attached hydrogen (secondary N) is 1. The van der Waals surface area contributed by atoms with Gasteiger partial charge in [0.05, 0.1) is 12.7 Å². The Labute approximate surface area is 134 Å². The summed E-state index contributed by atoms with van der Waals surface area (Å²) in [6, 6.07) is 9.13. The molecule has 116 valence electrons. The lowest BCUT2D eigenvalue weighted by Gasteiger charge is -2.07. The molecule has 1 N–H and O–H groups in total. The van der Waals surface area contributed by atoms with Crippen LogP contribution in [0.15, 0.2) is 30.3 Å². The van der Waals surface area contributed by atoms with E-state index in [-0.39, 0.29) is 11.8 Å². The second kappa shape index (κ2) is 6.75. The third-order valence-electron chi connectivity index (χ3n) is 3.34. The van der Waals surface area contributed by atoms with Gasteiger partial charge < -0.3 is 10.1 Å². The van der Waals surface area contributed by atoms with Gasteiger partial charge in [0.1, 0.15) is 5.00 Å². The molecule has 4 nitrogen and oxygen atoms in total. The van der Waals surface area contributed by atoms with Crippen molar-refractivity contribution < 1.29 is 14.3 Å². The van der Waals surface area contributed by atoms with Crippen LogP contribution >= 0.6 is 11.3 Å². The highest BCUT2D eigenvalue weighted by Crippen LogP contribution is 2.33. The fourth-order valence-electron chi connectivity index (χ4n) is 2.05. The number of anilines is 1. The van der Waals surface area contributed by atoms with Crippen LogP contribution in [-0.2, 0) is 4.74 Å². The molecule has 1 aromatic heterocycles. The Morgan fingerprint density at radius 3 is 2.45 bits per heavy atom. The van der Waals surface area contributed by atoms with E-state index < -0.39 is 5.97 Å². The average molecular weight is 317 g/mol. The van der Waals surface area contributed by atoms with Crippen LogP contribution in [-0.4, -0.2) is 19.0 Å². The van der Waals surface area contributed by atoms with Crippen molar-refractivity contribution in [3.63, 3.8) is 0 Å². The topological polar surface area (TPSA) is 55.4 Å². The van der Waals surface area contributed by atoms with Crippen LogP contribution in [0.25, 0.3) is 0 Å². The van der Waals surface area contributed by atoms with Crippen molar-refractivity contribution in [2.75, 3.05) is 12.4 Å². The van der Waals surface area contributed by atoms with Crippen molar-refractivity contribution in [2.45, 2.75) is 26.7 Å². The van der Waals surface area contributed by atoms with Gasteiger partial charge in [-0.3, -0.25) is 4.79 Å². The quantitative estimate of drug-likeness (QED) is 0.859. The molecule has 0 atom stereocenters. The molecule has 5 heteroatoms. The second-order valence-corrected chi connectivity index (χ2v) is 6.39. The predicted molar refractivity (Wildman–Crippen MR) is 88.9 cm³/mol. The molecule has 0 unspecified atom stereocenters. The van der Waals surface area contributed by atoms with Crippen LogP contribution in [0, 0.1) is 6.92 Å². The zero-order chi connectivity index (χ0) is 16.3. The number of benzene rings is 1. The lowest BCUT2D eigenvalue weighted by molar-refractivity contribution is 0.0602. The van der Waals surface area contributed by atoms with E-state index in [1.165, 1.54) is 18.4 Å². The number of hydrogen-bond donors (Lipinski definition) is 1. The average Bonchev–Trinajstić information content (AvgIpc) is 2.91. The second-order valence-electron chi connectivity index (χ2n) is 5.31. The molecule has 0 fully saturated rings. The highest BCUT2D eigenvalue weighted by atomic mass is 32.1. The summed E-state index contributed by atoms with van der Waals surface area (Å²) in [6.45, 7) is 5.96. The summed E-state index contributed by atoms with van der Waals surface area (Å²) in [5.41, 5.74) is 1.89. The summed E-state index contributed by atoms with van der Waals surface area (Å²) >= 11 is 1.41. The molecule has 0 saturated carbocycles. The number of rotatable bonds is 4. The first-order valence-electron chi connectivity index (χ1n) is 7.03. The van der Waals surface area contributed by atoms with Crippen molar-refractivity contribution in [1.29, 1.82) is 0 Å². The Morgan fingerprint density at radius 2 is 1.86 bits per heavy atom. The monoisotopic (exact) mass is 317 g/mol. The minimum Gasteiger partial charge on any atom is -0.465 e. The van der Waals surface area contributed by atoms with Crippen LogP contribution in [0.3, 0.4) is 0 Å². The van der Waals surface area contributed by atoms with Gasteiger partial charge in [-0.05, 0) is 30.5 Å². The van der Waals surface area contributed by atoms with Gasteiger partial charge in [0, 0.05) is 10.4 Å². The van der Waals surface area contributed by atoms with Gasteiger partial charge in [0.25, 0.3) is 5.91 Å². The van der Waals surface area contributed by atoms with Gasteiger partial charge in [-0.1, -0.05) is 32.0 Å². The molecule has 22 heavy (non-hydrogen) atoms. The normalized spacial score (nSPS) is 10.6. The zero-order valence-corrected chi connectivity index (χ0v) is 13.9. The minimum absolute atomic E-state index is 0.222. The summed E-state index contributed by atoms with van der Waals surface area (Å²) < 4.78 is 4.80. The Kier molecular flexibility index (Phi) is 4.98. The van der Waals surface area contributed by atoms with Crippen LogP contribution < -0.4 is 5.32 Å². The molecule has 0 aliphatic heterocycles. The van der Waals surface area contributed by atoms with Gasteiger partial charge in [-0.25, -0.2) is 4.79 Å². The van der Waals surface area contributed by atoms with E-state index >= 15 is 0 Å². The van der Waals surface area contributed by atoms with Crippen molar-refractivity contribution in [1.82, 2.24) is 0 Å². The van der Waals surface area contributed by atoms with Crippen LogP contribution in [0.2, 0.25) is 0 Å². The largest absolute Gasteiger partial charge is 0.465 e. The predicted octanol–water partition coefficient (Wildman–Crippen LogP) is 4.22. The van der Waals surface area contributed by atoms with E-state index in [2.05, 4.69) is 5.32 Å². The maximum absolute atomic E-state index is 12.4. The Hall–Kier alpha value is -2.14.